The minimum atomic E-state index is -0.0307. The molecular weight excluding hydrogens is 150 g/mol. The van der Waals surface area contributed by atoms with Gasteiger partial charge in [-0.2, -0.15) is 0 Å². The van der Waals surface area contributed by atoms with Gasteiger partial charge in [-0.25, -0.2) is 0 Å². The zero-order valence-corrected chi connectivity index (χ0v) is 7.71. The summed E-state index contributed by atoms with van der Waals surface area (Å²) in [5.74, 6) is 0. The Morgan fingerprint density at radius 2 is 1.58 bits per heavy atom. The molecule has 0 aromatic heterocycles. The van der Waals surface area contributed by atoms with Gasteiger partial charge in [0.05, 0.1) is 6.10 Å². The average molecular weight is 169 g/mol. The number of aliphatic hydroxyl groups excluding tert-OH is 1. The maximum Gasteiger partial charge on any atom is 0.0695 e. The van der Waals surface area contributed by atoms with Gasteiger partial charge in [0, 0.05) is 6.04 Å². The van der Waals surface area contributed by atoms with Gasteiger partial charge in [0.1, 0.15) is 0 Å². The SMILES string of the molecule is OC1CCCC[C@H]1N1CCCC1. The van der Waals surface area contributed by atoms with Crippen LogP contribution in [0.5, 0.6) is 0 Å². The highest BCUT2D eigenvalue weighted by atomic mass is 16.3. The number of hydrogen-bond acceptors (Lipinski definition) is 2. The van der Waals surface area contributed by atoms with E-state index in [0.717, 1.165) is 6.42 Å². The van der Waals surface area contributed by atoms with Crippen molar-refractivity contribution in [1.29, 1.82) is 0 Å². The van der Waals surface area contributed by atoms with E-state index in [1.165, 1.54) is 45.2 Å². The van der Waals surface area contributed by atoms with E-state index in [1.807, 2.05) is 0 Å². The largest absolute Gasteiger partial charge is 0.391 e. The molecule has 0 radical (unpaired) electrons. The first-order chi connectivity index (χ1) is 5.88. The van der Waals surface area contributed by atoms with Crippen LogP contribution in [0.2, 0.25) is 0 Å². The Labute approximate surface area is 74.6 Å². The van der Waals surface area contributed by atoms with Gasteiger partial charge in [-0.3, -0.25) is 4.90 Å². The second-order valence-electron chi connectivity index (χ2n) is 4.16. The maximum absolute atomic E-state index is 9.79. The summed E-state index contributed by atoms with van der Waals surface area (Å²) < 4.78 is 0. The molecule has 2 fully saturated rings. The molecule has 2 rings (SSSR count). The van der Waals surface area contributed by atoms with E-state index in [-0.39, 0.29) is 6.10 Å². The van der Waals surface area contributed by atoms with Crippen molar-refractivity contribution in [3.8, 4) is 0 Å². The van der Waals surface area contributed by atoms with Gasteiger partial charge in [0.2, 0.25) is 0 Å². The van der Waals surface area contributed by atoms with Crippen molar-refractivity contribution in [2.45, 2.75) is 50.7 Å². The molecule has 1 N–H and O–H groups in total. The second-order valence-corrected chi connectivity index (χ2v) is 4.16. The minimum absolute atomic E-state index is 0.0307. The molecule has 2 aliphatic rings. The summed E-state index contributed by atoms with van der Waals surface area (Å²) in [5.41, 5.74) is 0. The molecule has 2 heteroatoms. The van der Waals surface area contributed by atoms with Crippen molar-refractivity contribution in [3.05, 3.63) is 0 Å². The molecular formula is C10H19NO. The highest BCUT2D eigenvalue weighted by molar-refractivity contribution is 4.85. The van der Waals surface area contributed by atoms with Gasteiger partial charge >= 0.3 is 0 Å². The molecule has 0 amide bonds. The van der Waals surface area contributed by atoms with Crippen LogP contribution in [0.1, 0.15) is 38.5 Å². The van der Waals surface area contributed by atoms with E-state index in [2.05, 4.69) is 4.90 Å². The first-order valence-electron chi connectivity index (χ1n) is 5.30. The van der Waals surface area contributed by atoms with E-state index >= 15 is 0 Å². The van der Waals surface area contributed by atoms with Crippen molar-refractivity contribution in [1.82, 2.24) is 4.90 Å². The smallest absolute Gasteiger partial charge is 0.0695 e. The Hall–Kier alpha value is -0.0800. The summed E-state index contributed by atoms with van der Waals surface area (Å²) in [4.78, 5) is 2.49. The van der Waals surface area contributed by atoms with Gasteiger partial charge in [0.25, 0.3) is 0 Å². The molecule has 1 heterocycles. The summed E-state index contributed by atoms with van der Waals surface area (Å²) in [6.07, 6.45) is 7.44. The van der Waals surface area contributed by atoms with Crippen molar-refractivity contribution >= 4 is 0 Å². The van der Waals surface area contributed by atoms with Gasteiger partial charge in [-0.05, 0) is 38.8 Å². The number of nitrogens with zero attached hydrogens (tertiary/aromatic N) is 1. The molecule has 1 unspecified atom stereocenters. The number of aliphatic hydroxyl groups is 1. The second kappa shape index (κ2) is 3.75. The molecule has 70 valence electrons. The standard InChI is InChI=1S/C10H19NO/c12-10-6-2-1-5-9(10)11-7-3-4-8-11/h9-10,12H,1-8H2/t9-,10?/m1/s1. The van der Waals surface area contributed by atoms with Crippen LogP contribution in [0.25, 0.3) is 0 Å². The summed E-state index contributed by atoms with van der Waals surface area (Å²) >= 11 is 0. The first-order valence-corrected chi connectivity index (χ1v) is 5.30. The topological polar surface area (TPSA) is 23.5 Å². The highest BCUT2D eigenvalue weighted by Gasteiger charge is 2.29. The van der Waals surface area contributed by atoms with E-state index in [4.69, 9.17) is 0 Å². The summed E-state index contributed by atoms with van der Waals surface area (Å²) in [5, 5.41) is 9.79. The predicted octanol–water partition coefficient (Wildman–Crippen LogP) is 1.39. The van der Waals surface area contributed by atoms with Crippen LogP contribution in [0.4, 0.5) is 0 Å². The van der Waals surface area contributed by atoms with Crippen LogP contribution in [0, 0.1) is 0 Å². The Kier molecular flexibility index (Phi) is 2.66. The minimum Gasteiger partial charge on any atom is -0.391 e. The zero-order valence-electron chi connectivity index (χ0n) is 7.71. The summed E-state index contributed by atoms with van der Waals surface area (Å²) in [7, 11) is 0. The lowest BCUT2D eigenvalue weighted by Crippen LogP contribution is -2.43. The molecule has 1 saturated heterocycles. The lowest BCUT2D eigenvalue weighted by molar-refractivity contribution is 0.0312. The van der Waals surface area contributed by atoms with Crippen molar-refractivity contribution < 1.29 is 5.11 Å². The van der Waals surface area contributed by atoms with Crippen molar-refractivity contribution in [2.75, 3.05) is 13.1 Å². The predicted molar refractivity (Wildman–Crippen MR) is 49.1 cm³/mol. The Bertz CT molecular complexity index is 143. The van der Waals surface area contributed by atoms with Crippen molar-refractivity contribution in [2.24, 2.45) is 0 Å². The first kappa shape index (κ1) is 8.52. The van der Waals surface area contributed by atoms with Crippen LogP contribution in [0.3, 0.4) is 0 Å². The Balaban J connectivity index is 1.91. The lowest BCUT2D eigenvalue weighted by Gasteiger charge is -2.34. The molecule has 1 saturated carbocycles. The Morgan fingerprint density at radius 1 is 0.917 bits per heavy atom. The fourth-order valence-corrected chi connectivity index (χ4v) is 2.59. The quantitative estimate of drug-likeness (QED) is 0.641. The number of hydrogen-bond donors (Lipinski definition) is 1. The van der Waals surface area contributed by atoms with E-state index in [0.29, 0.717) is 6.04 Å². The molecule has 0 aromatic carbocycles. The fraction of sp³-hybridized carbons (Fsp3) is 1.00. The number of rotatable bonds is 1. The summed E-state index contributed by atoms with van der Waals surface area (Å²) in [6, 6.07) is 0.501. The highest BCUT2D eigenvalue weighted by Crippen LogP contribution is 2.25. The van der Waals surface area contributed by atoms with E-state index in [9.17, 15) is 5.11 Å². The van der Waals surface area contributed by atoms with Gasteiger partial charge in [0.15, 0.2) is 0 Å². The monoisotopic (exact) mass is 169 g/mol. The molecule has 2 nitrogen and oxygen atoms in total. The molecule has 1 aliphatic carbocycles. The number of likely N-dealkylation sites (tertiary alicyclic amines) is 1. The lowest BCUT2D eigenvalue weighted by atomic mass is 9.91. The van der Waals surface area contributed by atoms with Gasteiger partial charge in [-0.15, -0.1) is 0 Å². The van der Waals surface area contributed by atoms with E-state index < -0.39 is 0 Å². The van der Waals surface area contributed by atoms with Crippen molar-refractivity contribution in [3.63, 3.8) is 0 Å². The molecule has 0 bridgehead atoms. The fourth-order valence-electron chi connectivity index (χ4n) is 2.59. The van der Waals surface area contributed by atoms with Crippen LogP contribution >= 0.6 is 0 Å². The molecule has 1 aliphatic heterocycles. The average Bonchev–Trinajstić information content (AvgIpc) is 2.57. The Morgan fingerprint density at radius 3 is 2.25 bits per heavy atom. The van der Waals surface area contributed by atoms with E-state index in [1.54, 1.807) is 0 Å². The summed E-state index contributed by atoms with van der Waals surface area (Å²) in [6.45, 7) is 2.45. The third-order valence-corrected chi connectivity index (χ3v) is 3.30. The molecule has 12 heavy (non-hydrogen) atoms. The van der Waals surface area contributed by atoms with Gasteiger partial charge < -0.3 is 5.11 Å². The molecule has 0 aromatic rings. The van der Waals surface area contributed by atoms with Crippen LogP contribution in [0.15, 0.2) is 0 Å². The molecule has 0 spiro atoms. The third kappa shape index (κ3) is 1.64. The third-order valence-electron chi connectivity index (χ3n) is 3.30. The van der Waals surface area contributed by atoms with Crippen LogP contribution < -0.4 is 0 Å². The zero-order chi connectivity index (χ0) is 8.39. The normalized spacial score (nSPS) is 38.8. The van der Waals surface area contributed by atoms with Crippen LogP contribution in [-0.4, -0.2) is 35.2 Å². The maximum atomic E-state index is 9.79. The molecule has 2 atom stereocenters. The van der Waals surface area contributed by atoms with Crippen LogP contribution in [-0.2, 0) is 0 Å². The van der Waals surface area contributed by atoms with Gasteiger partial charge in [-0.1, -0.05) is 12.8 Å².